The Kier molecular flexibility index (Phi) is 5.63. The second-order valence-corrected chi connectivity index (χ2v) is 6.56. The van der Waals surface area contributed by atoms with Gasteiger partial charge in [-0.3, -0.25) is 4.99 Å². The van der Waals surface area contributed by atoms with E-state index in [0.29, 0.717) is 12.2 Å². The maximum absolute atomic E-state index is 9.55. The minimum Gasteiger partial charge on any atom is -0.497 e. The zero-order valence-electron chi connectivity index (χ0n) is 15.8. The molecular formula is C21H22N2O5. The van der Waals surface area contributed by atoms with Gasteiger partial charge in [-0.1, -0.05) is 0 Å². The molecule has 0 bridgehead atoms. The van der Waals surface area contributed by atoms with Gasteiger partial charge >= 0.3 is 11.9 Å². The summed E-state index contributed by atoms with van der Waals surface area (Å²) in [6.45, 7) is 4.00. The molecule has 4 rings (SSSR count). The van der Waals surface area contributed by atoms with Crippen LogP contribution in [-0.2, 0) is 29.0 Å². The molecule has 2 heterocycles. The predicted molar refractivity (Wildman–Crippen MR) is 105 cm³/mol. The van der Waals surface area contributed by atoms with Crippen molar-refractivity contribution in [3.8, 4) is 17.0 Å². The van der Waals surface area contributed by atoms with Crippen molar-refractivity contribution in [1.82, 2.24) is 4.57 Å². The molecule has 2 aromatic rings. The summed E-state index contributed by atoms with van der Waals surface area (Å²) >= 11 is 0. The van der Waals surface area contributed by atoms with E-state index in [1.807, 2.05) is 0 Å². The Hall–Kier alpha value is -3.35. The lowest BCUT2D eigenvalue weighted by Crippen LogP contribution is -2.17. The molecule has 0 amide bonds. The molecule has 0 atom stereocenters. The zero-order chi connectivity index (χ0) is 20.3. The van der Waals surface area contributed by atoms with Gasteiger partial charge < -0.3 is 19.5 Å². The van der Waals surface area contributed by atoms with E-state index in [1.165, 1.54) is 33.8 Å². The Morgan fingerprint density at radius 3 is 2.43 bits per heavy atom. The smallest absolute Gasteiger partial charge is 0.328 e. The van der Waals surface area contributed by atoms with Crippen LogP contribution in [0.25, 0.3) is 11.3 Å². The van der Waals surface area contributed by atoms with Gasteiger partial charge in [-0.15, -0.1) is 0 Å². The number of aliphatic imine (C=N–C) groups is 1. The number of hydrogen-bond acceptors (Lipinski definition) is 4. The summed E-state index contributed by atoms with van der Waals surface area (Å²) in [5.41, 5.74) is 8.10. The van der Waals surface area contributed by atoms with E-state index in [0.717, 1.165) is 31.7 Å². The Bertz CT molecular complexity index is 969. The van der Waals surface area contributed by atoms with E-state index in [2.05, 4.69) is 40.7 Å². The number of carboxylic acid groups (broad SMARTS) is 2. The van der Waals surface area contributed by atoms with Crippen LogP contribution in [0.1, 0.15) is 23.7 Å². The van der Waals surface area contributed by atoms with E-state index < -0.39 is 11.9 Å². The highest BCUT2D eigenvalue weighted by molar-refractivity contribution is 5.99. The number of ether oxygens (including phenoxy) is 1. The number of carbonyl (C=O) groups is 2. The molecule has 7 nitrogen and oxygen atoms in total. The molecule has 0 saturated heterocycles. The third-order valence-corrected chi connectivity index (χ3v) is 4.82. The van der Waals surface area contributed by atoms with Crippen LogP contribution in [0.2, 0.25) is 0 Å². The van der Waals surface area contributed by atoms with Crippen LogP contribution in [0.4, 0.5) is 0 Å². The van der Waals surface area contributed by atoms with Gasteiger partial charge in [0.25, 0.3) is 0 Å². The molecule has 7 heteroatoms. The van der Waals surface area contributed by atoms with Crippen LogP contribution in [-0.4, -0.2) is 46.1 Å². The molecule has 0 radical (unpaired) electrons. The van der Waals surface area contributed by atoms with Crippen molar-refractivity contribution in [3.05, 3.63) is 53.2 Å². The Morgan fingerprint density at radius 1 is 1.11 bits per heavy atom. The lowest BCUT2D eigenvalue weighted by molar-refractivity contribution is -0.134. The number of carboxylic acids is 2. The Labute approximate surface area is 162 Å². The van der Waals surface area contributed by atoms with E-state index in [4.69, 9.17) is 14.9 Å². The van der Waals surface area contributed by atoms with Gasteiger partial charge in [0, 0.05) is 24.3 Å². The fourth-order valence-electron chi connectivity index (χ4n) is 3.59. The molecule has 146 valence electrons. The van der Waals surface area contributed by atoms with E-state index >= 15 is 0 Å². The molecule has 0 unspecified atom stereocenters. The van der Waals surface area contributed by atoms with Crippen molar-refractivity contribution in [2.75, 3.05) is 13.7 Å². The standard InChI is InChI=1S/C17H18N2O.C4H4O4/c1-11-16-10-13-4-3-12-9-14(20-2)5-6-15(12)17(13)19(16)8-7-18-11;5-3(6)1-2-4(7)8/h5-6,9-10H,3-4,7-8H2,1-2H3;1-2H,(H,5,6)(H,7,8)/b;2-1+. The third kappa shape index (κ3) is 3.98. The molecule has 2 aliphatic rings. The number of hydrogen-bond donors (Lipinski definition) is 2. The van der Waals surface area contributed by atoms with Crippen molar-refractivity contribution in [2.24, 2.45) is 4.99 Å². The SMILES string of the molecule is COc1ccc2c(c1)CCc1cc3n(c1-2)CCN=C3C.O=C(O)/C=C/C(=O)O. The highest BCUT2D eigenvalue weighted by atomic mass is 16.5. The van der Waals surface area contributed by atoms with Gasteiger partial charge in [-0.05, 0) is 55.2 Å². The summed E-state index contributed by atoms with van der Waals surface area (Å²) in [4.78, 5) is 23.7. The van der Waals surface area contributed by atoms with Gasteiger partial charge in [0.15, 0.2) is 0 Å². The number of fused-ring (bicyclic) bond motifs is 5. The maximum Gasteiger partial charge on any atom is 0.328 e. The quantitative estimate of drug-likeness (QED) is 0.795. The minimum absolute atomic E-state index is 0.558. The number of aliphatic carboxylic acids is 2. The fourth-order valence-corrected chi connectivity index (χ4v) is 3.59. The molecular weight excluding hydrogens is 360 g/mol. The zero-order valence-corrected chi connectivity index (χ0v) is 15.8. The number of nitrogens with zero attached hydrogens (tertiary/aromatic N) is 2. The lowest BCUT2D eigenvalue weighted by atomic mass is 9.90. The highest BCUT2D eigenvalue weighted by Gasteiger charge is 2.25. The van der Waals surface area contributed by atoms with Gasteiger partial charge in [0.05, 0.1) is 30.8 Å². The van der Waals surface area contributed by atoms with E-state index in [1.54, 1.807) is 7.11 Å². The molecule has 0 fully saturated rings. The minimum atomic E-state index is -1.26. The van der Waals surface area contributed by atoms with Crippen LogP contribution in [0.5, 0.6) is 5.75 Å². The van der Waals surface area contributed by atoms with E-state index in [9.17, 15) is 9.59 Å². The summed E-state index contributed by atoms with van der Waals surface area (Å²) in [5, 5.41) is 15.6. The molecule has 2 N–H and O–H groups in total. The third-order valence-electron chi connectivity index (χ3n) is 4.82. The van der Waals surface area contributed by atoms with Gasteiger partial charge in [0.2, 0.25) is 0 Å². The first-order chi connectivity index (χ1) is 13.4. The topological polar surface area (TPSA) is 101 Å². The van der Waals surface area contributed by atoms with Crippen molar-refractivity contribution < 1.29 is 24.5 Å². The molecule has 1 aromatic carbocycles. The summed E-state index contributed by atoms with van der Waals surface area (Å²) in [6.07, 6.45) is 3.33. The summed E-state index contributed by atoms with van der Waals surface area (Å²) in [6, 6.07) is 8.79. The largest absolute Gasteiger partial charge is 0.497 e. The van der Waals surface area contributed by atoms with Crippen molar-refractivity contribution >= 4 is 17.7 Å². The fraction of sp³-hybridized carbons (Fsp3) is 0.286. The number of aryl methyl sites for hydroxylation is 2. The first kappa shape index (κ1) is 19.4. The number of aromatic nitrogens is 1. The number of methoxy groups -OCH3 is 1. The molecule has 1 aliphatic heterocycles. The van der Waals surface area contributed by atoms with Crippen LogP contribution < -0.4 is 4.74 Å². The molecule has 1 aromatic heterocycles. The van der Waals surface area contributed by atoms with Gasteiger partial charge in [-0.25, -0.2) is 9.59 Å². The monoisotopic (exact) mass is 382 g/mol. The van der Waals surface area contributed by atoms with Crippen LogP contribution in [0, 0.1) is 0 Å². The van der Waals surface area contributed by atoms with Crippen molar-refractivity contribution in [2.45, 2.75) is 26.3 Å². The average Bonchev–Trinajstić information content (AvgIpc) is 3.07. The number of rotatable bonds is 3. The summed E-state index contributed by atoms with van der Waals surface area (Å²) < 4.78 is 7.80. The first-order valence-corrected chi connectivity index (χ1v) is 8.95. The van der Waals surface area contributed by atoms with Gasteiger partial charge in [0.1, 0.15) is 5.75 Å². The van der Waals surface area contributed by atoms with Crippen LogP contribution >= 0.6 is 0 Å². The summed E-state index contributed by atoms with van der Waals surface area (Å²) in [7, 11) is 1.73. The molecule has 0 spiro atoms. The lowest BCUT2D eigenvalue weighted by Gasteiger charge is -2.22. The number of benzene rings is 1. The van der Waals surface area contributed by atoms with Gasteiger partial charge in [-0.2, -0.15) is 0 Å². The first-order valence-electron chi connectivity index (χ1n) is 8.95. The van der Waals surface area contributed by atoms with Crippen molar-refractivity contribution in [1.29, 1.82) is 0 Å². The Morgan fingerprint density at radius 2 is 1.79 bits per heavy atom. The van der Waals surface area contributed by atoms with Crippen LogP contribution in [0.15, 0.2) is 41.4 Å². The van der Waals surface area contributed by atoms with E-state index in [-0.39, 0.29) is 0 Å². The molecule has 28 heavy (non-hydrogen) atoms. The van der Waals surface area contributed by atoms with Crippen LogP contribution in [0.3, 0.4) is 0 Å². The average molecular weight is 382 g/mol. The second-order valence-electron chi connectivity index (χ2n) is 6.56. The second kappa shape index (κ2) is 8.12. The Balaban J connectivity index is 0.000000242. The molecule has 1 aliphatic carbocycles. The maximum atomic E-state index is 9.55. The molecule has 0 saturated carbocycles. The highest BCUT2D eigenvalue weighted by Crippen LogP contribution is 2.38. The summed E-state index contributed by atoms with van der Waals surface area (Å²) in [5.74, 6) is -1.56. The van der Waals surface area contributed by atoms with Crippen molar-refractivity contribution in [3.63, 3.8) is 0 Å². The predicted octanol–water partition coefficient (Wildman–Crippen LogP) is 2.80. The normalized spacial score (nSPS) is 14.1.